The molecule has 0 radical (unpaired) electrons. The van der Waals surface area contributed by atoms with Crippen LogP contribution in [0.25, 0.3) is 87.7 Å². The van der Waals surface area contributed by atoms with Gasteiger partial charge in [0.1, 0.15) is 0 Å². The van der Waals surface area contributed by atoms with Gasteiger partial charge in [-0.05, 0) is 138 Å². The van der Waals surface area contributed by atoms with Crippen LogP contribution in [0.4, 0.5) is 34.1 Å². The van der Waals surface area contributed by atoms with Crippen LogP contribution in [-0.2, 0) is 0 Å². The second-order valence-corrected chi connectivity index (χ2v) is 18.4. The summed E-state index contributed by atoms with van der Waals surface area (Å²) in [6.07, 6.45) is 2.07. The molecule has 72 heavy (non-hydrogen) atoms. The highest BCUT2D eigenvalue weighted by Gasteiger charge is 2.23. The van der Waals surface area contributed by atoms with Crippen LogP contribution in [0.3, 0.4) is 0 Å². The zero-order valence-electron chi connectivity index (χ0n) is 39.5. The van der Waals surface area contributed by atoms with E-state index in [9.17, 15) is 0 Å². The maximum absolute atomic E-state index is 5.64. The first kappa shape index (κ1) is 42.5. The van der Waals surface area contributed by atoms with Gasteiger partial charge in [-0.25, -0.2) is 0 Å². The lowest BCUT2D eigenvalue weighted by Gasteiger charge is -2.28. The van der Waals surface area contributed by atoms with Gasteiger partial charge in [-0.15, -0.1) is 0 Å². The van der Waals surface area contributed by atoms with E-state index in [1.54, 1.807) is 0 Å². The number of pyridine rings is 1. The number of aromatic nitrogens is 1. The first-order chi connectivity index (χ1) is 35.7. The van der Waals surface area contributed by atoms with E-state index in [1.165, 1.54) is 43.8 Å². The fraction of sp³-hybridized carbons (Fsp3) is 0. The van der Waals surface area contributed by atoms with Crippen molar-refractivity contribution in [2.24, 2.45) is 0 Å². The molecule has 0 fully saturated rings. The molecule has 0 unspecified atom stereocenters. The van der Waals surface area contributed by atoms with Gasteiger partial charge >= 0.3 is 0 Å². The molecule has 338 valence electrons. The van der Waals surface area contributed by atoms with E-state index in [2.05, 4.69) is 295 Å². The van der Waals surface area contributed by atoms with Crippen LogP contribution in [0.2, 0.25) is 0 Å². The largest absolute Gasteiger partial charge is 0.310 e. The minimum Gasteiger partial charge on any atom is -0.310 e. The Kier molecular flexibility index (Phi) is 10.9. The molecule has 0 spiro atoms. The molecule has 3 heteroatoms. The Morgan fingerprint density at radius 1 is 0.222 bits per heavy atom. The van der Waals surface area contributed by atoms with Crippen LogP contribution in [0.1, 0.15) is 0 Å². The third kappa shape index (κ3) is 7.89. The zero-order chi connectivity index (χ0) is 47.8. The molecule has 0 N–H and O–H groups in total. The molecule has 13 rings (SSSR count). The standard InChI is InChI=1S/C69H47N3/c1-5-17-48(18-6-1)52-29-33-54(34-30-52)67-64-42-41-62(71(58-25-9-3-10-26-58)60-39-37-50-21-13-15-23-56(50)43-60)45-65(64)68(55-35-31-53(32-36-55)49-19-7-2-8-20-49)69-66(67)46-63(47-70-69)72(59-27-11-4-12-28-59)61-40-38-51-22-14-16-24-57(51)44-61/h1-47H. The van der Waals surface area contributed by atoms with Crippen LogP contribution < -0.4 is 9.80 Å². The van der Waals surface area contributed by atoms with Crippen molar-refractivity contribution in [3.63, 3.8) is 0 Å². The van der Waals surface area contributed by atoms with Crippen molar-refractivity contribution in [1.82, 2.24) is 4.98 Å². The fourth-order valence-electron chi connectivity index (χ4n) is 10.5. The third-order valence-corrected chi connectivity index (χ3v) is 14.0. The van der Waals surface area contributed by atoms with E-state index in [0.717, 1.165) is 78.1 Å². The second kappa shape index (κ2) is 18.4. The number of anilines is 6. The van der Waals surface area contributed by atoms with Crippen LogP contribution >= 0.6 is 0 Å². The smallest absolute Gasteiger partial charge is 0.0794 e. The predicted octanol–water partition coefficient (Wildman–Crippen LogP) is 19.3. The minimum atomic E-state index is 0.932. The Morgan fingerprint density at radius 3 is 1.11 bits per heavy atom. The van der Waals surface area contributed by atoms with Gasteiger partial charge in [-0.3, -0.25) is 4.98 Å². The fourth-order valence-corrected chi connectivity index (χ4v) is 10.5. The molecule has 0 bridgehead atoms. The number of hydrogen-bond donors (Lipinski definition) is 0. The summed E-state index contributed by atoms with van der Waals surface area (Å²) in [5.41, 5.74) is 16.4. The summed E-state index contributed by atoms with van der Waals surface area (Å²) in [5, 5.41) is 8.11. The molecule has 0 amide bonds. The van der Waals surface area contributed by atoms with E-state index >= 15 is 0 Å². The summed E-state index contributed by atoms with van der Waals surface area (Å²) in [5.74, 6) is 0. The highest BCUT2D eigenvalue weighted by Crippen LogP contribution is 2.48. The van der Waals surface area contributed by atoms with Gasteiger partial charge in [0, 0.05) is 39.4 Å². The lowest BCUT2D eigenvalue weighted by atomic mass is 9.86. The van der Waals surface area contributed by atoms with Crippen LogP contribution in [0, 0.1) is 0 Å². The molecule has 0 saturated heterocycles. The van der Waals surface area contributed by atoms with Gasteiger partial charge in [-0.2, -0.15) is 0 Å². The van der Waals surface area contributed by atoms with E-state index in [-0.39, 0.29) is 0 Å². The first-order valence-electron chi connectivity index (χ1n) is 24.6. The van der Waals surface area contributed by atoms with E-state index in [1.807, 2.05) is 0 Å². The van der Waals surface area contributed by atoms with E-state index in [4.69, 9.17) is 4.98 Å². The zero-order valence-corrected chi connectivity index (χ0v) is 39.5. The Morgan fingerprint density at radius 2 is 0.597 bits per heavy atom. The van der Waals surface area contributed by atoms with Crippen LogP contribution in [0.15, 0.2) is 285 Å². The van der Waals surface area contributed by atoms with E-state index in [0.29, 0.717) is 0 Å². The number of para-hydroxylation sites is 2. The van der Waals surface area contributed by atoms with Gasteiger partial charge in [0.15, 0.2) is 0 Å². The van der Waals surface area contributed by atoms with E-state index < -0.39 is 0 Å². The van der Waals surface area contributed by atoms with Crippen molar-refractivity contribution in [2.75, 3.05) is 9.80 Å². The summed E-state index contributed by atoms with van der Waals surface area (Å²) in [7, 11) is 0. The van der Waals surface area contributed by atoms with Crippen molar-refractivity contribution in [3.05, 3.63) is 285 Å². The lowest BCUT2D eigenvalue weighted by Crippen LogP contribution is -2.11. The number of fused-ring (bicyclic) bond motifs is 4. The average molecular weight is 918 g/mol. The Labute approximate surface area is 419 Å². The molecule has 0 aliphatic heterocycles. The van der Waals surface area contributed by atoms with Crippen LogP contribution in [0.5, 0.6) is 0 Å². The molecular weight excluding hydrogens is 871 g/mol. The maximum Gasteiger partial charge on any atom is 0.0794 e. The number of rotatable bonds is 10. The highest BCUT2D eigenvalue weighted by molar-refractivity contribution is 6.21. The Hall–Kier alpha value is -9.57. The molecule has 0 saturated carbocycles. The number of nitrogens with zero attached hydrogens (tertiary/aromatic N) is 3. The molecule has 0 atom stereocenters. The Balaban J connectivity index is 1.10. The van der Waals surface area contributed by atoms with Gasteiger partial charge in [-0.1, -0.05) is 212 Å². The normalized spacial score (nSPS) is 11.3. The van der Waals surface area contributed by atoms with Crippen molar-refractivity contribution < 1.29 is 0 Å². The highest BCUT2D eigenvalue weighted by atomic mass is 15.2. The van der Waals surface area contributed by atoms with Gasteiger partial charge in [0.2, 0.25) is 0 Å². The first-order valence-corrected chi connectivity index (χ1v) is 24.6. The molecule has 3 nitrogen and oxygen atoms in total. The summed E-state index contributed by atoms with van der Waals surface area (Å²) in [6, 6.07) is 101. The van der Waals surface area contributed by atoms with Gasteiger partial charge < -0.3 is 9.80 Å². The van der Waals surface area contributed by atoms with Gasteiger partial charge in [0.25, 0.3) is 0 Å². The molecular formula is C69H47N3. The van der Waals surface area contributed by atoms with Crippen molar-refractivity contribution in [2.45, 2.75) is 0 Å². The SMILES string of the molecule is c1ccc(-c2ccc(-c3c4ccc(N(c5ccccc5)c5ccc6ccccc6c5)cc4c(-c4ccc(-c5ccccc5)cc4)c4ncc(N(c5ccccc5)c5ccc6ccccc6c5)cc34)cc2)cc1. The summed E-state index contributed by atoms with van der Waals surface area (Å²) < 4.78 is 0. The van der Waals surface area contributed by atoms with Crippen LogP contribution in [-0.4, -0.2) is 4.98 Å². The minimum absolute atomic E-state index is 0.932. The van der Waals surface area contributed by atoms with Gasteiger partial charge in [0.05, 0.1) is 17.4 Å². The summed E-state index contributed by atoms with van der Waals surface area (Å²) in [4.78, 5) is 10.4. The average Bonchev–Trinajstić information content (AvgIpc) is 3.46. The summed E-state index contributed by atoms with van der Waals surface area (Å²) in [6.45, 7) is 0. The van der Waals surface area contributed by atoms with Crippen molar-refractivity contribution in [1.29, 1.82) is 0 Å². The van der Waals surface area contributed by atoms with Crippen molar-refractivity contribution in [3.8, 4) is 44.5 Å². The molecule has 1 heterocycles. The lowest BCUT2D eigenvalue weighted by molar-refractivity contribution is 1.26. The number of hydrogen-bond acceptors (Lipinski definition) is 3. The second-order valence-electron chi connectivity index (χ2n) is 18.4. The molecule has 1 aromatic heterocycles. The molecule has 13 aromatic rings. The molecule has 0 aliphatic carbocycles. The third-order valence-electron chi connectivity index (χ3n) is 14.0. The Bertz CT molecular complexity index is 3790. The topological polar surface area (TPSA) is 19.4 Å². The maximum atomic E-state index is 5.64. The monoisotopic (exact) mass is 917 g/mol. The predicted molar refractivity (Wildman–Crippen MR) is 305 cm³/mol. The van der Waals surface area contributed by atoms with Crippen molar-refractivity contribution >= 4 is 77.3 Å². The summed E-state index contributed by atoms with van der Waals surface area (Å²) >= 11 is 0. The molecule has 0 aliphatic rings. The molecule has 12 aromatic carbocycles. The quantitative estimate of drug-likeness (QED) is 0.127. The number of benzene rings is 12.